The molecule has 2 aromatic carbocycles. The van der Waals surface area contributed by atoms with E-state index < -0.39 is 11.3 Å². The van der Waals surface area contributed by atoms with Gasteiger partial charge in [0.05, 0.1) is 24.4 Å². The van der Waals surface area contributed by atoms with E-state index in [1.807, 2.05) is 13.0 Å². The zero-order valence-corrected chi connectivity index (χ0v) is 22.6. The van der Waals surface area contributed by atoms with Crippen molar-refractivity contribution in [2.24, 2.45) is 5.41 Å². The molecule has 0 radical (unpaired) electrons. The van der Waals surface area contributed by atoms with Gasteiger partial charge in [0, 0.05) is 23.8 Å². The molecule has 0 unspecified atom stereocenters. The summed E-state index contributed by atoms with van der Waals surface area (Å²) in [6, 6.07) is 17.8. The maximum Gasteiger partial charge on any atom is 0.320 e. The SMILES string of the molecule is COC(=O)C1(C)CCN(c2ccc(NC(=O)c3nnc(Nc4ccc(Oc5ccc(Cl)cc5)cc4)o3)cn2)CC1. The summed E-state index contributed by atoms with van der Waals surface area (Å²) in [4.78, 5) is 31.2. The number of ether oxygens (including phenoxy) is 2. The highest BCUT2D eigenvalue weighted by Crippen LogP contribution is 2.34. The predicted octanol–water partition coefficient (Wildman–Crippen LogP) is 5.69. The number of anilines is 4. The van der Waals surface area contributed by atoms with Crippen LogP contribution in [0.2, 0.25) is 5.02 Å². The second-order valence-corrected chi connectivity index (χ2v) is 9.95. The first-order valence-electron chi connectivity index (χ1n) is 12.6. The van der Waals surface area contributed by atoms with Gasteiger partial charge in [0.2, 0.25) is 0 Å². The van der Waals surface area contributed by atoms with Gasteiger partial charge in [-0.15, -0.1) is 5.10 Å². The first-order chi connectivity index (χ1) is 19.3. The molecule has 2 aromatic heterocycles. The number of methoxy groups -OCH3 is 1. The minimum atomic E-state index is -0.561. The van der Waals surface area contributed by atoms with Crippen LogP contribution >= 0.6 is 11.6 Å². The van der Waals surface area contributed by atoms with E-state index in [0.717, 1.165) is 5.82 Å². The number of benzene rings is 2. The molecule has 40 heavy (non-hydrogen) atoms. The molecule has 206 valence electrons. The lowest BCUT2D eigenvalue weighted by Crippen LogP contribution is -2.43. The largest absolute Gasteiger partial charge is 0.469 e. The maximum absolute atomic E-state index is 12.6. The Labute approximate surface area is 235 Å². The molecule has 1 fully saturated rings. The molecule has 0 bridgehead atoms. The number of carbonyl (C=O) groups is 2. The van der Waals surface area contributed by atoms with Crippen LogP contribution in [0, 0.1) is 5.41 Å². The quantitative estimate of drug-likeness (QED) is 0.258. The van der Waals surface area contributed by atoms with Crippen molar-refractivity contribution in [2.45, 2.75) is 19.8 Å². The Morgan fingerprint density at radius 1 is 0.950 bits per heavy atom. The minimum Gasteiger partial charge on any atom is -0.469 e. The van der Waals surface area contributed by atoms with Gasteiger partial charge in [-0.05, 0) is 80.4 Å². The molecule has 3 heterocycles. The Balaban J connectivity index is 1.13. The fraction of sp³-hybridized carbons (Fsp3) is 0.250. The molecule has 1 aliphatic rings. The van der Waals surface area contributed by atoms with Crippen LogP contribution in [0.15, 0.2) is 71.3 Å². The van der Waals surface area contributed by atoms with Gasteiger partial charge in [-0.1, -0.05) is 16.7 Å². The minimum absolute atomic E-state index is 0.0639. The van der Waals surface area contributed by atoms with Crippen molar-refractivity contribution < 1.29 is 23.5 Å². The molecule has 0 saturated carbocycles. The van der Waals surface area contributed by atoms with E-state index in [4.69, 9.17) is 25.5 Å². The highest BCUT2D eigenvalue weighted by molar-refractivity contribution is 6.30. The molecule has 0 atom stereocenters. The zero-order valence-electron chi connectivity index (χ0n) is 21.9. The second-order valence-electron chi connectivity index (χ2n) is 9.52. The van der Waals surface area contributed by atoms with Crippen molar-refractivity contribution in [3.8, 4) is 11.5 Å². The summed E-state index contributed by atoms with van der Waals surface area (Å²) >= 11 is 5.90. The van der Waals surface area contributed by atoms with Gasteiger partial charge in [-0.3, -0.25) is 9.59 Å². The van der Waals surface area contributed by atoms with E-state index in [2.05, 4.69) is 30.7 Å². The molecule has 5 rings (SSSR count). The van der Waals surface area contributed by atoms with Gasteiger partial charge >= 0.3 is 23.8 Å². The van der Waals surface area contributed by atoms with Crippen LogP contribution < -0.4 is 20.3 Å². The van der Waals surface area contributed by atoms with Crippen LogP contribution in [0.25, 0.3) is 0 Å². The van der Waals surface area contributed by atoms with Gasteiger partial charge < -0.3 is 29.4 Å². The van der Waals surface area contributed by atoms with Gasteiger partial charge in [0.15, 0.2) is 0 Å². The van der Waals surface area contributed by atoms with Crippen LogP contribution in [-0.2, 0) is 9.53 Å². The average Bonchev–Trinajstić information content (AvgIpc) is 3.44. The lowest BCUT2D eigenvalue weighted by atomic mass is 9.80. The Kier molecular flexibility index (Phi) is 7.83. The number of esters is 1. The van der Waals surface area contributed by atoms with E-state index in [9.17, 15) is 9.59 Å². The monoisotopic (exact) mass is 562 g/mol. The Bertz CT molecular complexity index is 1470. The number of amides is 1. The number of pyridine rings is 1. The van der Waals surface area contributed by atoms with Gasteiger partial charge in [-0.25, -0.2) is 4.98 Å². The lowest BCUT2D eigenvalue weighted by Gasteiger charge is -2.37. The van der Waals surface area contributed by atoms with Gasteiger partial charge in [-0.2, -0.15) is 0 Å². The molecule has 4 aromatic rings. The molecular formula is C28H27ClN6O5. The Morgan fingerprint density at radius 3 is 2.23 bits per heavy atom. The van der Waals surface area contributed by atoms with E-state index in [0.29, 0.717) is 53.8 Å². The summed E-state index contributed by atoms with van der Waals surface area (Å²) in [6.07, 6.45) is 2.91. The third-order valence-electron chi connectivity index (χ3n) is 6.65. The summed E-state index contributed by atoms with van der Waals surface area (Å²) in [5.41, 5.74) is 0.671. The Hall–Kier alpha value is -4.64. The third kappa shape index (κ3) is 6.32. The van der Waals surface area contributed by atoms with Crippen LogP contribution in [-0.4, -0.2) is 47.3 Å². The molecule has 12 heteroatoms. The summed E-state index contributed by atoms with van der Waals surface area (Å²) in [5.74, 6) is 1.12. The third-order valence-corrected chi connectivity index (χ3v) is 6.90. The van der Waals surface area contributed by atoms with Crippen LogP contribution in [0.1, 0.15) is 30.5 Å². The molecule has 1 saturated heterocycles. The molecule has 0 aliphatic carbocycles. The number of hydrogen-bond acceptors (Lipinski definition) is 10. The lowest BCUT2D eigenvalue weighted by molar-refractivity contribution is -0.152. The number of aromatic nitrogens is 3. The second kappa shape index (κ2) is 11.6. The Morgan fingerprint density at radius 2 is 1.60 bits per heavy atom. The average molecular weight is 563 g/mol. The van der Waals surface area contributed by atoms with E-state index in [1.165, 1.54) is 7.11 Å². The molecule has 11 nitrogen and oxygen atoms in total. The van der Waals surface area contributed by atoms with Crippen LogP contribution in [0.5, 0.6) is 11.5 Å². The highest BCUT2D eigenvalue weighted by Gasteiger charge is 2.38. The number of halogens is 1. The van der Waals surface area contributed by atoms with Gasteiger partial charge in [0.1, 0.15) is 17.3 Å². The smallest absolute Gasteiger partial charge is 0.320 e. The van der Waals surface area contributed by atoms with Crippen molar-refractivity contribution >= 4 is 46.7 Å². The summed E-state index contributed by atoms with van der Waals surface area (Å²) in [7, 11) is 1.42. The zero-order chi connectivity index (χ0) is 28.1. The first kappa shape index (κ1) is 26.9. The van der Waals surface area contributed by atoms with Crippen molar-refractivity contribution in [1.29, 1.82) is 0 Å². The van der Waals surface area contributed by atoms with E-state index in [1.54, 1.807) is 60.8 Å². The predicted molar refractivity (Wildman–Crippen MR) is 149 cm³/mol. The number of rotatable bonds is 8. The number of carbonyl (C=O) groups excluding carboxylic acids is 2. The summed E-state index contributed by atoms with van der Waals surface area (Å²) in [5, 5.41) is 14.0. The maximum atomic E-state index is 12.6. The van der Waals surface area contributed by atoms with Crippen LogP contribution in [0.3, 0.4) is 0 Å². The van der Waals surface area contributed by atoms with Crippen molar-refractivity contribution in [3.63, 3.8) is 0 Å². The van der Waals surface area contributed by atoms with Crippen molar-refractivity contribution in [3.05, 3.63) is 77.8 Å². The number of piperidine rings is 1. The molecule has 0 spiro atoms. The first-order valence-corrected chi connectivity index (χ1v) is 12.9. The number of nitrogens with zero attached hydrogens (tertiary/aromatic N) is 4. The number of hydrogen-bond donors (Lipinski definition) is 2. The van der Waals surface area contributed by atoms with E-state index in [-0.39, 0.29) is 17.9 Å². The highest BCUT2D eigenvalue weighted by atomic mass is 35.5. The standard InChI is InChI=1S/C28H27ClN6O5/c1-28(26(37)38-2)13-15-35(16-14-28)23-12-7-20(17-30-23)31-24(36)25-33-34-27(40-25)32-19-5-10-22(11-6-19)39-21-8-3-18(29)4-9-21/h3-12,17H,13-16H2,1-2H3,(H,31,36)(H,32,34). The molecule has 1 amide bonds. The van der Waals surface area contributed by atoms with E-state index >= 15 is 0 Å². The van der Waals surface area contributed by atoms with Crippen molar-refractivity contribution in [1.82, 2.24) is 15.2 Å². The van der Waals surface area contributed by atoms with Crippen LogP contribution in [0.4, 0.5) is 23.2 Å². The summed E-state index contributed by atoms with van der Waals surface area (Å²) in [6.45, 7) is 3.29. The molecule has 1 aliphatic heterocycles. The molecular weight excluding hydrogens is 536 g/mol. The normalized spacial score (nSPS) is 14.3. The fourth-order valence-electron chi connectivity index (χ4n) is 4.25. The summed E-state index contributed by atoms with van der Waals surface area (Å²) < 4.78 is 16.2. The molecule has 2 N–H and O–H groups in total. The van der Waals surface area contributed by atoms with Crippen molar-refractivity contribution in [2.75, 3.05) is 35.7 Å². The van der Waals surface area contributed by atoms with Gasteiger partial charge in [0.25, 0.3) is 0 Å². The number of nitrogens with one attached hydrogen (secondary N) is 2. The fourth-order valence-corrected chi connectivity index (χ4v) is 4.37. The topological polar surface area (TPSA) is 132 Å².